The second-order valence-corrected chi connectivity index (χ2v) is 8.19. The average molecular weight is 464 g/mol. The van der Waals surface area contributed by atoms with Crippen molar-refractivity contribution in [3.8, 4) is 0 Å². The van der Waals surface area contributed by atoms with Crippen molar-refractivity contribution in [3.05, 3.63) is 46.1 Å². The number of benzene rings is 1. The van der Waals surface area contributed by atoms with E-state index in [4.69, 9.17) is 21.1 Å². The SMILES string of the molecule is CCOC(=O)C1=C(C)N(CC(=O)NCCN2CCOCC2)C(=O)CC1c1ccccc1Cl. The lowest BCUT2D eigenvalue weighted by atomic mass is 9.83. The summed E-state index contributed by atoms with van der Waals surface area (Å²) in [5.74, 6) is -1.52. The van der Waals surface area contributed by atoms with Gasteiger partial charge >= 0.3 is 5.97 Å². The van der Waals surface area contributed by atoms with Crippen molar-refractivity contribution in [2.45, 2.75) is 26.2 Å². The van der Waals surface area contributed by atoms with E-state index in [0.29, 0.717) is 41.6 Å². The van der Waals surface area contributed by atoms with Crippen LogP contribution in [-0.2, 0) is 23.9 Å². The molecule has 0 saturated carbocycles. The third kappa shape index (κ3) is 5.88. The van der Waals surface area contributed by atoms with Crippen LogP contribution >= 0.6 is 11.6 Å². The Morgan fingerprint density at radius 1 is 1.25 bits per heavy atom. The van der Waals surface area contributed by atoms with Crippen molar-refractivity contribution in [2.75, 3.05) is 52.5 Å². The van der Waals surface area contributed by atoms with Crippen LogP contribution in [0.4, 0.5) is 0 Å². The minimum atomic E-state index is -0.518. The Balaban J connectivity index is 1.74. The van der Waals surface area contributed by atoms with Gasteiger partial charge in [0, 0.05) is 49.2 Å². The molecule has 1 aromatic carbocycles. The summed E-state index contributed by atoms with van der Waals surface area (Å²) in [6, 6.07) is 7.15. The first kappa shape index (κ1) is 24.2. The molecule has 2 heterocycles. The predicted molar refractivity (Wildman–Crippen MR) is 120 cm³/mol. The molecule has 2 amide bonds. The third-order valence-electron chi connectivity index (χ3n) is 5.75. The standard InChI is InChI=1S/C23H30ClN3O5/c1-3-32-23(30)22-16(2)27(15-20(28)25-8-9-26-10-12-31-13-11-26)21(29)14-18(22)17-6-4-5-7-19(17)24/h4-7,18H,3,8-15H2,1-2H3,(H,25,28). The van der Waals surface area contributed by atoms with Crippen LogP contribution in [0.15, 0.2) is 35.5 Å². The van der Waals surface area contributed by atoms with Gasteiger partial charge in [-0.05, 0) is 25.5 Å². The number of amides is 2. The monoisotopic (exact) mass is 463 g/mol. The summed E-state index contributed by atoms with van der Waals surface area (Å²) in [4.78, 5) is 41.9. The van der Waals surface area contributed by atoms with E-state index in [0.717, 1.165) is 19.6 Å². The van der Waals surface area contributed by atoms with Gasteiger partial charge in [0.2, 0.25) is 11.8 Å². The van der Waals surface area contributed by atoms with E-state index in [-0.39, 0.29) is 31.4 Å². The second-order valence-electron chi connectivity index (χ2n) is 7.78. The van der Waals surface area contributed by atoms with E-state index in [1.54, 1.807) is 32.0 Å². The van der Waals surface area contributed by atoms with Crippen molar-refractivity contribution in [3.63, 3.8) is 0 Å². The number of carbonyl (C=O) groups excluding carboxylic acids is 3. The lowest BCUT2D eigenvalue weighted by molar-refractivity contribution is -0.141. The Bertz CT molecular complexity index is 882. The van der Waals surface area contributed by atoms with Crippen LogP contribution in [0.1, 0.15) is 31.7 Å². The molecule has 1 atom stereocenters. The number of carbonyl (C=O) groups is 3. The minimum Gasteiger partial charge on any atom is -0.463 e. The number of halogens is 1. The Morgan fingerprint density at radius 2 is 1.97 bits per heavy atom. The fourth-order valence-corrected chi connectivity index (χ4v) is 4.35. The summed E-state index contributed by atoms with van der Waals surface area (Å²) >= 11 is 6.37. The number of morpholine rings is 1. The number of hydrogen-bond acceptors (Lipinski definition) is 6. The highest BCUT2D eigenvalue weighted by Gasteiger charge is 2.38. The Kier molecular flexibility index (Phi) is 8.67. The molecule has 2 aliphatic heterocycles. The zero-order valence-electron chi connectivity index (χ0n) is 18.6. The Labute approximate surface area is 193 Å². The van der Waals surface area contributed by atoms with Gasteiger partial charge in [-0.2, -0.15) is 0 Å². The maximum Gasteiger partial charge on any atom is 0.336 e. The van der Waals surface area contributed by atoms with Crippen molar-refractivity contribution in [1.29, 1.82) is 0 Å². The smallest absolute Gasteiger partial charge is 0.336 e. The topological polar surface area (TPSA) is 88.2 Å². The number of rotatable bonds is 8. The third-order valence-corrected chi connectivity index (χ3v) is 6.10. The lowest BCUT2D eigenvalue weighted by Crippen LogP contribution is -2.46. The van der Waals surface area contributed by atoms with Gasteiger partial charge in [-0.1, -0.05) is 29.8 Å². The van der Waals surface area contributed by atoms with Crippen LogP contribution in [0, 0.1) is 0 Å². The number of esters is 1. The maximum absolute atomic E-state index is 13.0. The van der Waals surface area contributed by atoms with Crippen molar-refractivity contribution < 1.29 is 23.9 Å². The Morgan fingerprint density at radius 3 is 2.66 bits per heavy atom. The van der Waals surface area contributed by atoms with Crippen molar-refractivity contribution in [2.24, 2.45) is 0 Å². The molecule has 1 N–H and O–H groups in total. The molecule has 1 aromatic rings. The van der Waals surface area contributed by atoms with E-state index >= 15 is 0 Å². The molecule has 174 valence electrons. The predicted octanol–water partition coefficient (Wildman–Crippen LogP) is 1.94. The van der Waals surface area contributed by atoms with Crippen LogP contribution in [0.3, 0.4) is 0 Å². The van der Waals surface area contributed by atoms with Gasteiger partial charge in [-0.15, -0.1) is 0 Å². The summed E-state index contributed by atoms with van der Waals surface area (Å²) in [6.45, 7) is 7.75. The minimum absolute atomic E-state index is 0.0380. The van der Waals surface area contributed by atoms with Crippen LogP contribution in [0.5, 0.6) is 0 Å². The van der Waals surface area contributed by atoms with E-state index in [9.17, 15) is 14.4 Å². The van der Waals surface area contributed by atoms with Gasteiger partial charge in [0.1, 0.15) is 6.54 Å². The van der Waals surface area contributed by atoms with Crippen LogP contribution in [-0.4, -0.2) is 80.1 Å². The molecular weight excluding hydrogens is 434 g/mol. The highest BCUT2D eigenvalue weighted by molar-refractivity contribution is 6.31. The zero-order chi connectivity index (χ0) is 23.1. The highest BCUT2D eigenvalue weighted by Crippen LogP contribution is 2.39. The molecule has 2 aliphatic rings. The summed E-state index contributed by atoms with van der Waals surface area (Å²) in [6.07, 6.45) is 0.0380. The number of hydrogen-bond donors (Lipinski definition) is 1. The molecule has 1 fully saturated rings. The molecule has 32 heavy (non-hydrogen) atoms. The molecule has 0 aromatic heterocycles. The van der Waals surface area contributed by atoms with Crippen molar-refractivity contribution >= 4 is 29.4 Å². The van der Waals surface area contributed by atoms with Crippen molar-refractivity contribution in [1.82, 2.24) is 15.1 Å². The molecular formula is C23H30ClN3O5. The molecule has 8 nitrogen and oxygen atoms in total. The van der Waals surface area contributed by atoms with E-state index < -0.39 is 11.9 Å². The quantitative estimate of drug-likeness (QED) is 0.593. The molecule has 1 unspecified atom stereocenters. The normalized spacial score (nSPS) is 19.8. The van der Waals surface area contributed by atoms with E-state index in [1.165, 1.54) is 4.90 Å². The molecule has 0 aliphatic carbocycles. The van der Waals surface area contributed by atoms with Crippen LogP contribution < -0.4 is 5.32 Å². The molecule has 0 spiro atoms. The fourth-order valence-electron chi connectivity index (χ4n) is 4.08. The summed E-state index contributed by atoms with van der Waals surface area (Å²) < 4.78 is 10.6. The number of allylic oxidation sites excluding steroid dienone is 1. The van der Waals surface area contributed by atoms with Gasteiger partial charge in [-0.3, -0.25) is 14.5 Å². The number of nitrogens with zero attached hydrogens (tertiary/aromatic N) is 2. The first-order valence-corrected chi connectivity index (χ1v) is 11.3. The van der Waals surface area contributed by atoms with E-state index in [2.05, 4.69) is 10.2 Å². The maximum atomic E-state index is 13.0. The molecule has 3 rings (SSSR count). The first-order valence-electron chi connectivity index (χ1n) is 10.9. The second kappa shape index (κ2) is 11.4. The summed E-state index contributed by atoms with van der Waals surface area (Å²) in [5, 5.41) is 3.35. The lowest BCUT2D eigenvalue weighted by Gasteiger charge is -2.34. The average Bonchev–Trinajstić information content (AvgIpc) is 2.77. The summed E-state index contributed by atoms with van der Waals surface area (Å²) in [5.41, 5.74) is 1.48. The number of nitrogens with one attached hydrogen (secondary N) is 1. The van der Waals surface area contributed by atoms with Gasteiger partial charge < -0.3 is 19.7 Å². The van der Waals surface area contributed by atoms with Gasteiger partial charge in [0.05, 0.1) is 25.4 Å². The first-order chi connectivity index (χ1) is 15.4. The molecule has 0 radical (unpaired) electrons. The highest BCUT2D eigenvalue weighted by atomic mass is 35.5. The van der Waals surface area contributed by atoms with Crippen LogP contribution in [0.25, 0.3) is 0 Å². The number of ether oxygens (including phenoxy) is 2. The van der Waals surface area contributed by atoms with E-state index in [1.807, 2.05) is 6.07 Å². The molecule has 1 saturated heterocycles. The van der Waals surface area contributed by atoms with Crippen LogP contribution in [0.2, 0.25) is 5.02 Å². The molecule has 9 heteroatoms. The van der Waals surface area contributed by atoms with Gasteiger partial charge in [0.15, 0.2) is 0 Å². The fraction of sp³-hybridized carbons (Fsp3) is 0.522. The zero-order valence-corrected chi connectivity index (χ0v) is 19.3. The Hall–Kier alpha value is -2.42. The molecule has 0 bridgehead atoms. The largest absolute Gasteiger partial charge is 0.463 e. The summed E-state index contributed by atoms with van der Waals surface area (Å²) in [7, 11) is 0. The van der Waals surface area contributed by atoms with Gasteiger partial charge in [-0.25, -0.2) is 4.79 Å². The van der Waals surface area contributed by atoms with Gasteiger partial charge in [0.25, 0.3) is 0 Å².